The fraction of sp³-hybridized carbons (Fsp3) is 0.778. The first-order chi connectivity index (χ1) is 7.90. The molecule has 0 rings (SSSR count). The maximum absolute atomic E-state index is 10.4. The number of nitrogens with two attached hydrogens (primary N) is 1. The molecule has 0 fully saturated rings. The number of hydrogen-bond donors (Lipinski definition) is 5. The summed E-state index contributed by atoms with van der Waals surface area (Å²) >= 11 is 1.18. The zero-order valence-corrected chi connectivity index (χ0v) is 9.92. The normalized spacial score (nSPS) is 18.1. The molecule has 0 saturated carbocycles. The fourth-order valence-corrected chi connectivity index (χ4v) is 1.97. The Labute approximate surface area is 103 Å². The second-order valence-electron chi connectivity index (χ2n) is 3.49. The number of carbonyl (C=O) groups is 2. The topological polar surface area (TPSA) is 141 Å². The summed E-state index contributed by atoms with van der Waals surface area (Å²) in [6.07, 6.45) is -4.03. The molecule has 0 aliphatic heterocycles. The molecular weight excluding hydrogens is 250 g/mol. The average Bonchev–Trinajstić information content (AvgIpc) is 2.31. The van der Waals surface area contributed by atoms with Crippen LogP contribution in [0.4, 0.5) is 0 Å². The smallest absolute Gasteiger partial charge is 0.320 e. The van der Waals surface area contributed by atoms with Crippen LogP contribution in [0.2, 0.25) is 0 Å². The van der Waals surface area contributed by atoms with E-state index in [1.54, 1.807) is 0 Å². The van der Waals surface area contributed by atoms with Crippen LogP contribution >= 0.6 is 11.8 Å². The zero-order valence-electron chi connectivity index (χ0n) is 9.10. The summed E-state index contributed by atoms with van der Waals surface area (Å²) in [7, 11) is 0. The van der Waals surface area contributed by atoms with Gasteiger partial charge >= 0.3 is 5.97 Å². The van der Waals surface area contributed by atoms with Crippen molar-refractivity contribution >= 4 is 24.0 Å². The van der Waals surface area contributed by atoms with E-state index in [2.05, 4.69) is 0 Å². The number of carboxylic acids is 1. The summed E-state index contributed by atoms with van der Waals surface area (Å²) in [5.41, 5.74) is 5.25. The number of rotatable bonds is 9. The van der Waals surface area contributed by atoms with Crippen LogP contribution in [0.25, 0.3) is 0 Å². The Morgan fingerprint density at radius 2 is 1.94 bits per heavy atom. The lowest BCUT2D eigenvalue weighted by Crippen LogP contribution is -2.39. The Morgan fingerprint density at radius 3 is 2.41 bits per heavy atom. The Balaban J connectivity index is 3.74. The third kappa shape index (κ3) is 6.59. The molecular formula is C9H17NO6S. The number of hydrogen-bond acceptors (Lipinski definition) is 7. The van der Waals surface area contributed by atoms with E-state index in [0.29, 0.717) is 5.75 Å². The van der Waals surface area contributed by atoms with Gasteiger partial charge in [-0.05, 0) is 12.2 Å². The molecule has 17 heavy (non-hydrogen) atoms. The van der Waals surface area contributed by atoms with Gasteiger partial charge in [0.25, 0.3) is 0 Å². The molecule has 6 N–H and O–H groups in total. The van der Waals surface area contributed by atoms with E-state index in [-0.39, 0.29) is 18.5 Å². The molecule has 0 radical (unpaired) electrons. The average molecular weight is 267 g/mol. The van der Waals surface area contributed by atoms with Crippen LogP contribution in [-0.4, -0.2) is 68.5 Å². The van der Waals surface area contributed by atoms with Crippen molar-refractivity contribution in [3.8, 4) is 0 Å². The van der Waals surface area contributed by atoms with Gasteiger partial charge < -0.3 is 31.0 Å². The predicted octanol–water partition coefficient (Wildman–Crippen LogP) is -2.20. The van der Waals surface area contributed by atoms with E-state index in [0.717, 1.165) is 0 Å². The van der Waals surface area contributed by atoms with Crippen molar-refractivity contribution in [3.05, 3.63) is 0 Å². The standard InChI is InChI=1S/C9H17NO6S/c10-5(9(15)16)1-2-17-4-7(13)8(14)6(12)3-11/h3,5-8,12-14H,1-2,4,10H2,(H,15,16)/t5-,6-,7+,8-/m0/s1. The molecule has 0 bridgehead atoms. The van der Waals surface area contributed by atoms with E-state index < -0.39 is 30.3 Å². The Hall–Kier alpha value is -0.670. The van der Waals surface area contributed by atoms with Crippen molar-refractivity contribution in [2.45, 2.75) is 30.8 Å². The Morgan fingerprint density at radius 1 is 1.35 bits per heavy atom. The van der Waals surface area contributed by atoms with Crippen molar-refractivity contribution < 1.29 is 30.0 Å². The molecule has 0 saturated heterocycles. The molecule has 4 atom stereocenters. The highest BCUT2D eigenvalue weighted by Crippen LogP contribution is 2.10. The SMILES string of the molecule is N[C@@H](CCSC[C@@H](O)[C@@H](O)[C@@H](O)C=O)C(=O)O. The number of carbonyl (C=O) groups excluding carboxylic acids is 1. The summed E-state index contributed by atoms with van der Waals surface area (Å²) in [4.78, 5) is 20.5. The molecule has 7 nitrogen and oxygen atoms in total. The number of aliphatic carboxylic acids is 1. The van der Waals surface area contributed by atoms with Crippen LogP contribution in [0, 0.1) is 0 Å². The molecule has 0 heterocycles. The monoisotopic (exact) mass is 267 g/mol. The minimum Gasteiger partial charge on any atom is -0.480 e. The van der Waals surface area contributed by atoms with Gasteiger partial charge in [0, 0.05) is 5.75 Å². The second-order valence-corrected chi connectivity index (χ2v) is 4.64. The molecule has 0 aromatic heterocycles. The van der Waals surface area contributed by atoms with Crippen LogP contribution in [0.1, 0.15) is 6.42 Å². The number of aliphatic hydroxyl groups is 3. The van der Waals surface area contributed by atoms with Crippen molar-refractivity contribution in [3.63, 3.8) is 0 Å². The Kier molecular flexibility index (Phi) is 8.09. The summed E-state index contributed by atoms with van der Waals surface area (Å²) in [6.45, 7) is 0. The van der Waals surface area contributed by atoms with Gasteiger partial charge in [-0.3, -0.25) is 4.79 Å². The lowest BCUT2D eigenvalue weighted by atomic mass is 10.1. The van der Waals surface area contributed by atoms with Crippen LogP contribution < -0.4 is 5.73 Å². The predicted molar refractivity (Wildman–Crippen MR) is 61.6 cm³/mol. The summed E-state index contributed by atoms with van der Waals surface area (Å²) < 4.78 is 0. The van der Waals surface area contributed by atoms with Crippen molar-refractivity contribution in [1.29, 1.82) is 0 Å². The molecule has 0 aromatic carbocycles. The molecule has 8 heteroatoms. The molecule has 0 aliphatic rings. The first-order valence-electron chi connectivity index (χ1n) is 4.95. The van der Waals surface area contributed by atoms with Gasteiger partial charge in [0.2, 0.25) is 0 Å². The first kappa shape index (κ1) is 16.3. The summed E-state index contributed by atoms with van der Waals surface area (Å²) in [6, 6.07) is -0.954. The highest BCUT2D eigenvalue weighted by molar-refractivity contribution is 7.99. The summed E-state index contributed by atoms with van der Waals surface area (Å²) in [5, 5.41) is 36.0. The number of thioether (sulfide) groups is 1. The molecule has 100 valence electrons. The highest BCUT2D eigenvalue weighted by atomic mass is 32.2. The van der Waals surface area contributed by atoms with Crippen LogP contribution in [-0.2, 0) is 9.59 Å². The number of carboxylic acid groups (broad SMARTS) is 1. The third-order valence-electron chi connectivity index (χ3n) is 2.06. The van der Waals surface area contributed by atoms with E-state index in [9.17, 15) is 19.8 Å². The van der Waals surface area contributed by atoms with Gasteiger partial charge in [-0.1, -0.05) is 0 Å². The van der Waals surface area contributed by atoms with E-state index >= 15 is 0 Å². The quantitative estimate of drug-likeness (QED) is 0.234. The van der Waals surface area contributed by atoms with E-state index in [1.165, 1.54) is 11.8 Å². The second kappa shape index (κ2) is 8.43. The maximum Gasteiger partial charge on any atom is 0.320 e. The lowest BCUT2D eigenvalue weighted by Gasteiger charge is -2.19. The van der Waals surface area contributed by atoms with Crippen molar-refractivity contribution in [2.75, 3.05) is 11.5 Å². The van der Waals surface area contributed by atoms with Crippen LogP contribution in [0.5, 0.6) is 0 Å². The first-order valence-corrected chi connectivity index (χ1v) is 6.11. The van der Waals surface area contributed by atoms with E-state index in [1.807, 2.05) is 0 Å². The molecule has 0 amide bonds. The van der Waals surface area contributed by atoms with Gasteiger partial charge in [-0.2, -0.15) is 11.8 Å². The van der Waals surface area contributed by atoms with Gasteiger partial charge in [0.1, 0.15) is 18.2 Å². The minimum atomic E-state index is -1.62. The molecule has 0 spiro atoms. The summed E-state index contributed by atoms with van der Waals surface area (Å²) in [5.74, 6) is -0.616. The van der Waals surface area contributed by atoms with Crippen LogP contribution in [0.15, 0.2) is 0 Å². The van der Waals surface area contributed by atoms with Crippen molar-refractivity contribution in [1.82, 2.24) is 0 Å². The van der Waals surface area contributed by atoms with Gasteiger partial charge in [-0.25, -0.2) is 0 Å². The number of aldehydes is 1. The van der Waals surface area contributed by atoms with Crippen molar-refractivity contribution in [2.24, 2.45) is 5.73 Å². The molecule has 0 unspecified atom stereocenters. The minimum absolute atomic E-state index is 0.0818. The van der Waals surface area contributed by atoms with Crippen LogP contribution in [0.3, 0.4) is 0 Å². The molecule has 0 aliphatic carbocycles. The fourth-order valence-electron chi connectivity index (χ4n) is 0.945. The highest BCUT2D eigenvalue weighted by Gasteiger charge is 2.24. The third-order valence-corrected chi connectivity index (χ3v) is 3.16. The zero-order chi connectivity index (χ0) is 13.4. The largest absolute Gasteiger partial charge is 0.480 e. The Bertz CT molecular complexity index is 252. The number of aliphatic hydroxyl groups excluding tert-OH is 3. The van der Waals surface area contributed by atoms with E-state index in [4.69, 9.17) is 15.9 Å². The lowest BCUT2D eigenvalue weighted by molar-refractivity contribution is -0.138. The molecule has 0 aromatic rings. The van der Waals surface area contributed by atoms with Gasteiger partial charge in [-0.15, -0.1) is 0 Å². The van der Waals surface area contributed by atoms with Gasteiger partial charge in [0.15, 0.2) is 6.29 Å². The van der Waals surface area contributed by atoms with Gasteiger partial charge in [0.05, 0.1) is 6.10 Å². The maximum atomic E-state index is 10.4.